The minimum absolute atomic E-state index is 0. The zero-order chi connectivity index (χ0) is 17.4. The zero-order valence-corrected chi connectivity index (χ0v) is 17.5. The summed E-state index contributed by atoms with van der Waals surface area (Å²) < 4.78 is 0. The second-order valence-corrected chi connectivity index (χ2v) is 6.09. The van der Waals surface area contributed by atoms with Crippen LogP contribution in [0.3, 0.4) is 0 Å². The van der Waals surface area contributed by atoms with E-state index in [1.54, 1.807) is 7.05 Å². The van der Waals surface area contributed by atoms with Gasteiger partial charge in [-0.2, -0.15) is 0 Å². The number of nitrogens with zero attached hydrogens (tertiary/aromatic N) is 3. The van der Waals surface area contributed by atoms with Crippen molar-refractivity contribution in [3.05, 3.63) is 48.0 Å². The maximum atomic E-state index is 12.5. The highest BCUT2D eigenvalue weighted by Crippen LogP contribution is 2.18. The summed E-state index contributed by atoms with van der Waals surface area (Å²) in [6, 6.07) is 8.35. The molecule has 1 amide bonds. The molecule has 0 radical (unpaired) electrons. The van der Waals surface area contributed by atoms with Crippen molar-refractivity contribution in [3.8, 4) is 0 Å². The number of halogens is 1. The normalized spacial score (nSPS) is 13.5. The Labute approximate surface area is 168 Å². The first-order chi connectivity index (χ1) is 11.7. The standard InChI is InChI=1S/C19H28N4O.HI/c1-4-5-8-12-22(3)19(20-2)21-14-18(24)23-13-11-16-9-6-7-10-17(16)15-23;/h4,6-7,9-10H,1,5,8,11-15H2,2-3H3,(H,20,21);1H. The highest BCUT2D eigenvalue weighted by molar-refractivity contribution is 14.0. The fraction of sp³-hybridized carbons (Fsp3) is 0.474. The van der Waals surface area contributed by atoms with E-state index in [1.165, 1.54) is 11.1 Å². The zero-order valence-electron chi connectivity index (χ0n) is 15.2. The van der Waals surface area contributed by atoms with Gasteiger partial charge in [0.05, 0.1) is 6.54 Å². The lowest BCUT2D eigenvalue weighted by molar-refractivity contribution is -0.130. The number of carbonyl (C=O) groups is 1. The summed E-state index contributed by atoms with van der Waals surface area (Å²) in [6.07, 6.45) is 4.85. The van der Waals surface area contributed by atoms with Crippen LogP contribution in [0.4, 0.5) is 0 Å². The van der Waals surface area contributed by atoms with E-state index in [1.807, 2.05) is 29.0 Å². The van der Waals surface area contributed by atoms with Gasteiger partial charge in [0.2, 0.25) is 5.91 Å². The fourth-order valence-corrected chi connectivity index (χ4v) is 2.94. The van der Waals surface area contributed by atoms with Crippen molar-refractivity contribution < 1.29 is 4.79 Å². The van der Waals surface area contributed by atoms with E-state index < -0.39 is 0 Å². The van der Waals surface area contributed by atoms with Gasteiger partial charge in [0.25, 0.3) is 0 Å². The molecule has 25 heavy (non-hydrogen) atoms. The molecule has 5 nitrogen and oxygen atoms in total. The number of carbonyl (C=O) groups excluding carboxylic acids is 1. The van der Waals surface area contributed by atoms with Crippen LogP contribution in [0.25, 0.3) is 0 Å². The van der Waals surface area contributed by atoms with Gasteiger partial charge in [-0.15, -0.1) is 30.6 Å². The van der Waals surface area contributed by atoms with Gasteiger partial charge in [0, 0.05) is 33.7 Å². The maximum absolute atomic E-state index is 12.5. The Hall–Kier alpha value is -1.57. The Bertz CT molecular complexity index is 603. The molecule has 1 aromatic rings. The van der Waals surface area contributed by atoms with Crippen molar-refractivity contribution >= 4 is 35.8 Å². The van der Waals surface area contributed by atoms with E-state index in [9.17, 15) is 4.79 Å². The molecule has 138 valence electrons. The predicted molar refractivity (Wildman–Crippen MR) is 114 cm³/mol. The lowest BCUT2D eigenvalue weighted by Gasteiger charge is -2.29. The minimum atomic E-state index is 0. The minimum Gasteiger partial charge on any atom is -0.347 e. The average Bonchev–Trinajstić information content (AvgIpc) is 2.61. The molecule has 0 spiro atoms. The number of benzene rings is 1. The number of fused-ring (bicyclic) bond motifs is 1. The largest absolute Gasteiger partial charge is 0.347 e. The van der Waals surface area contributed by atoms with E-state index in [2.05, 4.69) is 35.1 Å². The molecule has 0 saturated carbocycles. The molecule has 0 unspecified atom stereocenters. The van der Waals surface area contributed by atoms with Crippen molar-refractivity contribution in [1.82, 2.24) is 15.1 Å². The summed E-state index contributed by atoms with van der Waals surface area (Å²) in [4.78, 5) is 20.7. The van der Waals surface area contributed by atoms with Crippen LogP contribution in [-0.2, 0) is 17.8 Å². The molecule has 0 saturated heterocycles. The molecule has 1 aromatic carbocycles. The Kier molecular flexibility index (Phi) is 9.55. The summed E-state index contributed by atoms with van der Waals surface area (Å²) in [6.45, 7) is 6.38. The van der Waals surface area contributed by atoms with Gasteiger partial charge >= 0.3 is 0 Å². The molecule has 0 aliphatic carbocycles. The van der Waals surface area contributed by atoms with Gasteiger partial charge in [-0.3, -0.25) is 9.79 Å². The van der Waals surface area contributed by atoms with E-state index in [4.69, 9.17) is 0 Å². The van der Waals surface area contributed by atoms with Crippen molar-refractivity contribution in [2.75, 3.05) is 33.7 Å². The molecular weight excluding hydrogens is 427 g/mol. The Morgan fingerprint density at radius 3 is 2.80 bits per heavy atom. The Morgan fingerprint density at radius 1 is 1.40 bits per heavy atom. The van der Waals surface area contributed by atoms with Gasteiger partial charge < -0.3 is 15.1 Å². The summed E-state index contributed by atoms with van der Waals surface area (Å²) in [7, 11) is 3.73. The van der Waals surface area contributed by atoms with Gasteiger partial charge in [0.15, 0.2) is 5.96 Å². The number of rotatable bonds is 6. The molecule has 1 aliphatic heterocycles. The molecule has 0 fully saturated rings. The van der Waals surface area contributed by atoms with Crippen molar-refractivity contribution in [2.24, 2.45) is 4.99 Å². The van der Waals surface area contributed by atoms with Crippen molar-refractivity contribution in [3.63, 3.8) is 0 Å². The van der Waals surface area contributed by atoms with E-state index >= 15 is 0 Å². The molecule has 1 aliphatic rings. The fourth-order valence-electron chi connectivity index (χ4n) is 2.94. The number of unbranched alkanes of at least 4 members (excludes halogenated alkanes) is 1. The van der Waals surface area contributed by atoms with Crippen LogP contribution in [0.15, 0.2) is 41.9 Å². The average molecular weight is 456 g/mol. The third-order valence-corrected chi connectivity index (χ3v) is 4.36. The van der Waals surface area contributed by atoms with E-state index in [0.717, 1.165) is 38.3 Å². The molecule has 0 aromatic heterocycles. The number of hydrogen-bond acceptors (Lipinski definition) is 2. The second-order valence-electron chi connectivity index (χ2n) is 6.09. The first-order valence-electron chi connectivity index (χ1n) is 8.53. The number of nitrogens with one attached hydrogen (secondary N) is 1. The van der Waals surface area contributed by atoms with Gasteiger partial charge in [-0.1, -0.05) is 30.3 Å². The molecule has 2 rings (SSSR count). The SMILES string of the molecule is C=CCCCN(C)C(=NC)NCC(=O)N1CCc2ccccc2C1.I. The molecule has 0 bridgehead atoms. The topological polar surface area (TPSA) is 47.9 Å². The molecule has 1 heterocycles. The number of hydrogen-bond donors (Lipinski definition) is 1. The predicted octanol–water partition coefficient (Wildman–Crippen LogP) is 2.66. The lowest BCUT2D eigenvalue weighted by Crippen LogP contribution is -2.46. The molecular formula is C19H29IN4O. The van der Waals surface area contributed by atoms with Crippen LogP contribution in [0, 0.1) is 0 Å². The van der Waals surface area contributed by atoms with Gasteiger partial charge in [0.1, 0.15) is 0 Å². The number of aliphatic imine (C=N–C) groups is 1. The van der Waals surface area contributed by atoms with Crippen molar-refractivity contribution in [1.29, 1.82) is 0 Å². The first-order valence-corrected chi connectivity index (χ1v) is 8.53. The molecule has 1 N–H and O–H groups in total. The highest BCUT2D eigenvalue weighted by Gasteiger charge is 2.20. The lowest BCUT2D eigenvalue weighted by atomic mass is 10.00. The van der Waals surface area contributed by atoms with E-state index in [-0.39, 0.29) is 36.4 Å². The number of amides is 1. The second kappa shape index (κ2) is 11.1. The Balaban J connectivity index is 0.00000312. The van der Waals surface area contributed by atoms with Crippen LogP contribution >= 0.6 is 24.0 Å². The number of allylic oxidation sites excluding steroid dienone is 1. The Morgan fingerprint density at radius 2 is 2.12 bits per heavy atom. The summed E-state index contributed by atoms with van der Waals surface area (Å²) in [5.41, 5.74) is 2.61. The first kappa shape index (κ1) is 21.5. The van der Waals surface area contributed by atoms with Gasteiger partial charge in [-0.25, -0.2) is 0 Å². The van der Waals surface area contributed by atoms with Crippen LogP contribution in [0.1, 0.15) is 24.0 Å². The molecule has 0 atom stereocenters. The smallest absolute Gasteiger partial charge is 0.242 e. The van der Waals surface area contributed by atoms with Crippen LogP contribution < -0.4 is 5.32 Å². The van der Waals surface area contributed by atoms with Crippen LogP contribution in [0.5, 0.6) is 0 Å². The third-order valence-electron chi connectivity index (χ3n) is 4.36. The number of guanidine groups is 1. The van der Waals surface area contributed by atoms with E-state index in [0.29, 0.717) is 6.54 Å². The summed E-state index contributed by atoms with van der Waals surface area (Å²) >= 11 is 0. The van der Waals surface area contributed by atoms with Crippen LogP contribution in [-0.4, -0.2) is 55.4 Å². The quantitative estimate of drug-likeness (QED) is 0.236. The summed E-state index contributed by atoms with van der Waals surface area (Å²) in [5.74, 6) is 0.870. The monoisotopic (exact) mass is 456 g/mol. The van der Waals surface area contributed by atoms with Crippen LogP contribution in [0.2, 0.25) is 0 Å². The van der Waals surface area contributed by atoms with Gasteiger partial charge in [-0.05, 0) is 30.4 Å². The summed E-state index contributed by atoms with van der Waals surface area (Å²) in [5, 5.41) is 3.18. The van der Waals surface area contributed by atoms with Crippen molar-refractivity contribution in [2.45, 2.75) is 25.8 Å². The third kappa shape index (κ3) is 6.34. The maximum Gasteiger partial charge on any atom is 0.242 e. The molecule has 6 heteroatoms. The highest BCUT2D eigenvalue weighted by atomic mass is 127.